The number of benzene rings is 1. The van der Waals surface area contributed by atoms with Gasteiger partial charge in [0.1, 0.15) is 5.76 Å². The average Bonchev–Trinajstić information content (AvgIpc) is 3.25. The molecule has 1 aliphatic rings. The van der Waals surface area contributed by atoms with Crippen LogP contribution in [0.15, 0.2) is 47.1 Å². The first-order valence-corrected chi connectivity index (χ1v) is 10.6. The molecule has 25 heavy (non-hydrogen) atoms. The first kappa shape index (κ1) is 17.7. The third-order valence-electron chi connectivity index (χ3n) is 4.56. The van der Waals surface area contributed by atoms with Crippen molar-refractivity contribution < 1.29 is 17.6 Å². The normalized spacial score (nSPS) is 15.4. The lowest BCUT2D eigenvalue weighted by molar-refractivity contribution is 0.0649. The minimum atomic E-state index is -3.08. The van der Waals surface area contributed by atoms with Crippen molar-refractivity contribution in [3.8, 4) is 0 Å². The standard InChI is InChI=1S/C19H23NO4S/c1-25(22,23)14-15-8-10-16(11-9-15)19(21)20(17-5-2-3-6-17)13-18-7-4-12-24-18/h4,7-12,17H,2-3,5-6,13-14H2,1H3. The number of furan rings is 1. The second kappa shape index (κ2) is 7.44. The van der Waals surface area contributed by atoms with Gasteiger partial charge in [-0.1, -0.05) is 25.0 Å². The molecule has 0 N–H and O–H groups in total. The number of amides is 1. The van der Waals surface area contributed by atoms with Crippen LogP contribution in [-0.2, 0) is 22.1 Å². The monoisotopic (exact) mass is 361 g/mol. The van der Waals surface area contributed by atoms with E-state index >= 15 is 0 Å². The van der Waals surface area contributed by atoms with Crippen molar-refractivity contribution in [1.82, 2.24) is 4.90 Å². The van der Waals surface area contributed by atoms with Gasteiger partial charge in [0.05, 0.1) is 18.6 Å². The van der Waals surface area contributed by atoms with Gasteiger partial charge in [0.15, 0.2) is 9.84 Å². The highest BCUT2D eigenvalue weighted by molar-refractivity contribution is 7.89. The molecule has 0 bridgehead atoms. The number of sulfone groups is 1. The van der Waals surface area contributed by atoms with Gasteiger partial charge in [-0.05, 0) is 42.7 Å². The Morgan fingerprint density at radius 2 is 1.84 bits per heavy atom. The molecule has 0 unspecified atom stereocenters. The van der Waals surface area contributed by atoms with Gasteiger partial charge < -0.3 is 9.32 Å². The molecule has 1 aromatic heterocycles. The van der Waals surface area contributed by atoms with Crippen LogP contribution in [-0.4, -0.2) is 31.5 Å². The molecule has 5 nitrogen and oxygen atoms in total. The van der Waals surface area contributed by atoms with Crippen molar-refractivity contribution in [1.29, 1.82) is 0 Å². The van der Waals surface area contributed by atoms with E-state index in [0.29, 0.717) is 17.7 Å². The molecular formula is C19H23NO4S. The van der Waals surface area contributed by atoms with Crippen LogP contribution in [0.4, 0.5) is 0 Å². The Balaban J connectivity index is 1.79. The minimum absolute atomic E-state index is 0.0137. The van der Waals surface area contributed by atoms with Crippen molar-refractivity contribution in [3.05, 3.63) is 59.5 Å². The number of hydrogen-bond acceptors (Lipinski definition) is 4. The van der Waals surface area contributed by atoms with Gasteiger partial charge in [-0.3, -0.25) is 4.79 Å². The lowest BCUT2D eigenvalue weighted by Crippen LogP contribution is -2.38. The van der Waals surface area contributed by atoms with Crippen LogP contribution >= 0.6 is 0 Å². The van der Waals surface area contributed by atoms with Crippen LogP contribution in [0.3, 0.4) is 0 Å². The lowest BCUT2D eigenvalue weighted by atomic mass is 10.1. The van der Waals surface area contributed by atoms with E-state index < -0.39 is 9.84 Å². The van der Waals surface area contributed by atoms with Crippen LogP contribution < -0.4 is 0 Å². The number of carbonyl (C=O) groups is 1. The van der Waals surface area contributed by atoms with Crippen molar-refractivity contribution in [2.75, 3.05) is 6.26 Å². The van der Waals surface area contributed by atoms with Crippen molar-refractivity contribution >= 4 is 15.7 Å². The Bertz CT molecular complexity index is 804. The fourth-order valence-electron chi connectivity index (χ4n) is 3.37. The van der Waals surface area contributed by atoms with E-state index in [4.69, 9.17) is 4.42 Å². The highest BCUT2D eigenvalue weighted by atomic mass is 32.2. The zero-order valence-corrected chi connectivity index (χ0v) is 15.2. The molecule has 1 aromatic carbocycles. The number of hydrogen-bond donors (Lipinski definition) is 0. The van der Waals surface area contributed by atoms with Crippen LogP contribution in [0.25, 0.3) is 0 Å². The second-order valence-electron chi connectivity index (χ2n) is 6.72. The first-order chi connectivity index (χ1) is 11.9. The second-order valence-corrected chi connectivity index (χ2v) is 8.86. The maximum Gasteiger partial charge on any atom is 0.254 e. The van der Waals surface area contributed by atoms with Gasteiger partial charge in [0.2, 0.25) is 0 Å². The van der Waals surface area contributed by atoms with Crippen molar-refractivity contribution in [3.63, 3.8) is 0 Å². The molecule has 1 aliphatic carbocycles. The molecule has 134 valence electrons. The summed E-state index contributed by atoms with van der Waals surface area (Å²) in [6.07, 6.45) is 7.13. The molecule has 1 heterocycles. The number of nitrogens with zero attached hydrogens (tertiary/aromatic N) is 1. The van der Waals surface area contributed by atoms with Crippen LogP contribution in [0.2, 0.25) is 0 Å². The van der Waals surface area contributed by atoms with Gasteiger partial charge in [0, 0.05) is 17.9 Å². The summed E-state index contributed by atoms with van der Waals surface area (Å²) in [5.74, 6) is 0.725. The summed E-state index contributed by atoms with van der Waals surface area (Å²) in [5.41, 5.74) is 1.27. The summed E-state index contributed by atoms with van der Waals surface area (Å²) in [6, 6.07) is 10.8. The Morgan fingerprint density at radius 1 is 1.16 bits per heavy atom. The topological polar surface area (TPSA) is 67.6 Å². The summed E-state index contributed by atoms with van der Waals surface area (Å²) in [6.45, 7) is 0.460. The average molecular weight is 361 g/mol. The Labute approximate surface area is 148 Å². The predicted octanol–water partition coefficient (Wildman–Crippen LogP) is 3.41. The third kappa shape index (κ3) is 4.72. The van der Waals surface area contributed by atoms with Gasteiger partial charge in [0.25, 0.3) is 5.91 Å². The van der Waals surface area contributed by atoms with Crippen LogP contribution in [0.5, 0.6) is 0 Å². The molecule has 6 heteroatoms. The lowest BCUT2D eigenvalue weighted by Gasteiger charge is -2.28. The van der Waals surface area contributed by atoms with E-state index in [1.165, 1.54) is 6.26 Å². The molecule has 0 spiro atoms. The molecule has 0 atom stereocenters. The Kier molecular flexibility index (Phi) is 5.27. The van der Waals surface area contributed by atoms with Gasteiger partial charge in [-0.2, -0.15) is 0 Å². The zero-order chi connectivity index (χ0) is 17.9. The fourth-order valence-corrected chi connectivity index (χ4v) is 4.16. The smallest absolute Gasteiger partial charge is 0.254 e. The molecule has 0 saturated heterocycles. The zero-order valence-electron chi connectivity index (χ0n) is 14.3. The number of rotatable bonds is 6. The maximum atomic E-state index is 13.0. The summed E-state index contributed by atoms with van der Waals surface area (Å²) in [4.78, 5) is 14.9. The Morgan fingerprint density at radius 3 is 2.40 bits per heavy atom. The largest absolute Gasteiger partial charge is 0.467 e. The van der Waals surface area contributed by atoms with Gasteiger partial charge in [-0.15, -0.1) is 0 Å². The summed E-state index contributed by atoms with van der Waals surface area (Å²) >= 11 is 0. The van der Waals surface area contributed by atoms with E-state index in [9.17, 15) is 13.2 Å². The molecule has 0 radical (unpaired) electrons. The SMILES string of the molecule is CS(=O)(=O)Cc1ccc(C(=O)N(Cc2ccco2)C2CCCC2)cc1. The van der Waals surface area contributed by atoms with E-state index in [1.807, 2.05) is 17.0 Å². The molecule has 1 saturated carbocycles. The maximum absolute atomic E-state index is 13.0. The number of carbonyl (C=O) groups excluding carboxylic acids is 1. The van der Waals surface area contributed by atoms with Crippen molar-refractivity contribution in [2.24, 2.45) is 0 Å². The van der Waals surface area contributed by atoms with Crippen molar-refractivity contribution in [2.45, 2.75) is 44.0 Å². The highest BCUT2D eigenvalue weighted by Gasteiger charge is 2.28. The summed E-state index contributed by atoms with van der Waals surface area (Å²) in [7, 11) is -3.08. The van der Waals surface area contributed by atoms with Gasteiger partial charge in [-0.25, -0.2) is 8.42 Å². The first-order valence-electron chi connectivity index (χ1n) is 8.52. The van der Waals surface area contributed by atoms with E-state index in [-0.39, 0.29) is 17.7 Å². The Hall–Kier alpha value is -2.08. The quantitative estimate of drug-likeness (QED) is 0.791. The van der Waals surface area contributed by atoms with E-state index in [1.54, 1.807) is 30.5 Å². The molecule has 1 fully saturated rings. The summed E-state index contributed by atoms with van der Waals surface area (Å²) in [5, 5.41) is 0. The molecule has 2 aromatic rings. The van der Waals surface area contributed by atoms with E-state index in [2.05, 4.69) is 0 Å². The summed E-state index contributed by atoms with van der Waals surface area (Å²) < 4.78 is 28.2. The molecule has 1 amide bonds. The van der Waals surface area contributed by atoms with Crippen LogP contribution in [0, 0.1) is 0 Å². The highest BCUT2D eigenvalue weighted by Crippen LogP contribution is 2.27. The van der Waals surface area contributed by atoms with E-state index in [0.717, 1.165) is 31.4 Å². The molecule has 3 rings (SSSR count). The third-order valence-corrected chi connectivity index (χ3v) is 5.42. The predicted molar refractivity (Wildman–Crippen MR) is 95.8 cm³/mol. The minimum Gasteiger partial charge on any atom is -0.467 e. The fraction of sp³-hybridized carbons (Fsp3) is 0.421. The van der Waals surface area contributed by atoms with Crippen LogP contribution in [0.1, 0.15) is 47.4 Å². The molecule has 0 aliphatic heterocycles. The van der Waals surface area contributed by atoms with Gasteiger partial charge >= 0.3 is 0 Å². The molecular weight excluding hydrogens is 338 g/mol.